The number of pyridine rings is 1. The highest BCUT2D eigenvalue weighted by atomic mass is 79.9. The van der Waals surface area contributed by atoms with Gasteiger partial charge in [-0.3, -0.25) is 4.98 Å². The van der Waals surface area contributed by atoms with Crippen LogP contribution in [-0.4, -0.2) is 20.0 Å². The van der Waals surface area contributed by atoms with Gasteiger partial charge in [-0.2, -0.15) is 0 Å². The first-order valence-electron chi connectivity index (χ1n) is 5.65. The molecule has 0 fully saturated rings. The van der Waals surface area contributed by atoms with Crippen molar-refractivity contribution in [3.8, 4) is 0 Å². The van der Waals surface area contributed by atoms with E-state index in [-0.39, 0.29) is 4.83 Å². The van der Waals surface area contributed by atoms with Crippen LogP contribution < -0.4 is 0 Å². The van der Waals surface area contributed by atoms with E-state index in [1.807, 2.05) is 36.0 Å². The number of nitrogens with zero attached hydrogens (tertiary/aromatic N) is 4. The monoisotopic (exact) mass is 294 g/mol. The van der Waals surface area contributed by atoms with Crippen LogP contribution in [0.3, 0.4) is 0 Å². The highest BCUT2D eigenvalue weighted by molar-refractivity contribution is 9.09. The van der Waals surface area contributed by atoms with Crippen LogP contribution in [0.15, 0.2) is 24.4 Å². The van der Waals surface area contributed by atoms with E-state index in [1.165, 1.54) is 0 Å². The molecule has 0 amide bonds. The summed E-state index contributed by atoms with van der Waals surface area (Å²) in [6.07, 6.45) is 2.97. The third-order valence-corrected chi connectivity index (χ3v) is 3.62. The summed E-state index contributed by atoms with van der Waals surface area (Å²) in [5.41, 5.74) is 3.00. The van der Waals surface area contributed by atoms with Crippen LogP contribution >= 0.6 is 15.9 Å². The van der Waals surface area contributed by atoms with Crippen molar-refractivity contribution in [1.29, 1.82) is 0 Å². The first-order chi connectivity index (χ1) is 8.19. The Morgan fingerprint density at radius 1 is 1.41 bits per heavy atom. The summed E-state index contributed by atoms with van der Waals surface area (Å²) in [5.74, 6) is 0. The molecule has 0 N–H and O–H groups in total. The minimum atomic E-state index is 0.279. The number of hydrogen-bond acceptors (Lipinski definition) is 3. The summed E-state index contributed by atoms with van der Waals surface area (Å²) < 4.78 is 1.82. The Hall–Kier alpha value is -1.23. The van der Waals surface area contributed by atoms with Crippen molar-refractivity contribution in [2.75, 3.05) is 0 Å². The topological polar surface area (TPSA) is 43.6 Å². The smallest absolute Gasteiger partial charge is 0.0963 e. The van der Waals surface area contributed by atoms with E-state index >= 15 is 0 Å². The zero-order valence-corrected chi connectivity index (χ0v) is 11.6. The van der Waals surface area contributed by atoms with Gasteiger partial charge in [0.15, 0.2) is 0 Å². The normalized spacial score (nSPS) is 12.6. The van der Waals surface area contributed by atoms with E-state index in [1.54, 1.807) is 0 Å². The van der Waals surface area contributed by atoms with Gasteiger partial charge < -0.3 is 0 Å². The van der Waals surface area contributed by atoms with Gasteiger partial charge in [-0.05, 0) is 25.5 Å². The van der Waals surface area contributed by atoms with Crippen LogP contribution in [0.4, 0.5) is 0 Å². The van der Waals surface area contributed by atoms with E-state index in [2.05, 4.69) is 38.1 Å². The SMILES string of the molecule is CCC(Br)c1cn(Cc2cccc(C)n2)nn1. The van der Waals surface area contributed by atoms with Gasteiger partial charge in [0.05, 0.1) is 29.0 Å². The van der Waals surface area contributed by atoms with Crippen LogP contribution in [0.5, 0.6) is 0 Å². The van der Waals surface area contributed by atoms with E-state index in [0.717, 1.165) is 23.5 Å². The maximum atomic E-state index is 4.44. The Morgan fingerprint density at radius 2 is 2.24 bits per heavy atom. The third kappa shape index (κ3) is 3.12. The second-order valence-electron chi connectivity index (χ2n) is 3.99. The fourth-order valence-electron chi connectivity index (χ4n) is 1.60. The summed E-state index contributed by atoms with van der Waals surface area (Å²) in [6, 6.07) is 6.00. The molecule has 0 radical (unpaired) electrons. The Kier molecular flexibility index (Phi) is 3.89. The predicted molar refractivity (Wildman–Crippen MR) is 70.1 cm³/mol. The average molecular weight is 295 g/mol. The molecule has 2 rings (SSSR count). The number of alkyl halides is 1. The molecule has 0 aliphatic carbocycles. The number of halogens is 1. The maximum Gasteiger partial charge on any atom is 0.0963 e. The van der Waals surface area contributed by atoms with Crippen LogP contribution in [0.1, 0.15) is 35.3 Å². The van der Waals surface area contributed by atoms with Crippen LogP contribution in [-0.2, 0) is 6.54 Å². The lowest BCUT2D eigenvalue weighted by molar-refractivity contribution is 0.637. The van der Waals surface area contributed by atoms with E-state index in [0.29, 0.717) is 6.54 Å². The molecule has 2 aromatic heterocycles. The van der Waals surface area contributed by atoms with Crippen LogP contribution in [0.2, 0.25) is 0 Å². The standard InChI is InChI=1S/C12H15BrN4/c1-3-11(13)12-8-17(16-15-12)7-10-6-4-5-9(2)14-10/h4-6,8,11H,3,7H2,1-2H3. The molecule has 0 aromatic carbocycles. The van der Waals surface area contributed by atoms with Crippen LogP contribution in [0.25, 0.3) is 0 Å². The average Bonchev–Trinajstić information content (AvgIpc) is 2.76. The lowest BCUT2D eigenvalue weighted by atomic mass is 10.3. The molecule has 0 bridgehead atoms. The zero-order valence-electron chi connectivity index (χ0n) is 9.97. The first-order valence-corrected chi connectivity index (χ1v) is 6.57. The van der Waals surface area contributed by atoms with Crippen LogP contribution in [0, 0.1) is 6.92 Å². The van der Waals surface area contributed by atoms with E-state index < -0.39 is 0 Å². The van der Waals surface area contributed by atoms with Crippen molar-refractivity contribution in [2.24, 2.45) is 0 Å². The van der Waals surface area contributed by atoms with Gasteiger partial charge in [-0.1, -0.05) is 34.1 Å². The van der Waals surface area contributed by atoms with Crippen molar-refractivity contribution in [1.82, 2.24) is 20.0 Å². The molecule has 4 nitrogen and oxygen atoms in total. The molecule has 90 valence electrons. The molecule has 2 aromatic rings. The Morgan fingerprint density at radius 3 is 2.94 bits per heavy atom. The van der Waals surface area contributed by atoms with Gasteiger partial charge in [-0.15, -0.1) is 5.10 Å². The number of aromatic nitrogens is 4. The molecule has 0 spiro atoms. The largest absolute Gasteiger partial charge is 0.256 e. The van der Waals surface area contributed by atoms with Crippen molar-refractivity contribution in [3.63, 3.8) is 0 Å². The maximum absolute atomic E-state index is 4.44. The van der Waals surface area contributed by atoms with Gasteiger partial charge in [0, 0.05) is 5.69 Å². The van der Waals surface area contributed by atoms with Gasteiger partial charge in [0.25, 0.3) is 0 Å². The fourth-order valence-corrected chi connectivity index (χ4v) is 1.81. The minimum Gasteiger partial charge on any atom is -0.256 e. The highest BCUT2D eigenvalue weighted by Crippen LogP contribution is 2.23. The molecule has 0 aliphatic rings. The van der Waals surface area contributed by atoms with Gasteiger partial charge in [-0.25, -0.2) is 4.68 Å². The molecular weight excluding hydrogens is 280 g/mol. The minimum absolute atomic E-state index is 0.279. The van der Waals surface area contributed by atoms with Crippen molar-refractivity contribution < 1.29 is 0 Å². The number of hydrogen-bond donors (Lipinski definition) is 0. The third-order valence-electron chi connectivity index (χ3n) is 2.51. The molecule has 0 saturated carbocycles. The van der Waals surface area contributed by atoms with Gasteiger partial charge in [0.1, 0.15) is 0 Å². The summed E-state index contributed by atoms with van der Waals surface area (Å²) >= 11 is 3.56. The quantitative estimate of drug-likeness (QED) is 0.815. The van der Waals surface area contributed by atoms with Crippen molar-refractivity contribution in [3.05, 3.63) is 41.5 Å². The lowest BCUT2D eigenvalue weighted by Gasteiger charge is -2.01. The van der Waals surface area contributed by atoms with E-state index in [4.69, 9.17) is 0 Å². The molecule has 1 atom stereocenters. The lowest BCUT2D eigenvalue weighted by Crippen LogP contribution is -2.03. The van der Waals surface area contributed by atoms with Gasteiger partial charge in [0.2, 0.25) is 0 Å². The zero-order chi connectivity index (χ0) is 12.3. The second kappa shape index (κ2) is 5.40. The van der Waals surface area contributed by atoms with Crippen molar-refractivity contribution >= 4 is 15.9 Å². The molecule has 0 saturated heterocycles. The van der Waals surface area contributed by atoms with Gasteiger partial charge >= 0.3 is 0 Å². The molecule has 17 heavy (non-hydrogen) atoms. The molecular formula is C12H15BrN4. The first kappa shape index (κ1) is 12.2. The molecule has 2 heterocycles. The number of aryl methyl sites for hydroxylation is 1. The molecule has 0 aliphatic heterocycles. The summed E-state index contributed by atoms with van der Waals surface area (Å²) in [5, 5.41) is 8.25. The molecule has 5 heteroatoms. The Labute approximate surface area is 109 Å². The van der Waals surface area contributed by atoms with Crippen molar-refractivity contribution in [2.45, 2.75) is 31.6 Å². The summed E-state index contributed by atoms with van der Waals surface area (Å²) in [4.78, 5) is 4.72. The molecule has 1 unspecified atom stereocenters. The predicted octanol–water partition coefficient (Wildman–Crippen LogP) is 2.88. The highest BCUT2D eigenvalue weighted by Gasteiger charge is 2.09. The Balaban J connectivity index is 2.11. The summed E-state index contributed by atoms with van der Waals surface area (Å²) in [7, 11) is 0. The second-order valence-corrected chi connectivity index (χ2v) is 5.09. The fraction of sp³-hybridized carbons (Fsp3) is 0.417. The Bertz CT molecular complexity index is 495. The number of rotatable bonds is 4. The summed E-state index contributed by atoms with van der Waals surface area (Å²) in [6.45, 7) is 4.76. The van der Waals surface area contributed by atoms with E-state index in [9.17, 15) is 0 Å².